The van der Waals surface area contributed by atoms with E-state index < -0.39 is 5.91 Å². The Balaban J connectivity index is 2.19. The van der Waals surface area contributed by atoms with Crippen molar-refractivity contribution in [1.29, 1.82) is 0 Å². The highest BCUT2D eigenvalue weighted by atomic mass is 16.1. The average Bonchev–Trinajstić information content (AvgIpc) is 2.93. The molecule has 0 bridgehead atoms. The minimum absolute atomic E-state index is 0.0271. The lowest BCUT2D eigenvalue weighted by Gasteiger charge is -2.10. The topological polar surface area (TPSA) is 104 Å². The van der Waals surface area contributed by atoms with Gasteiger partial charge in [0.15, 0.2) is 5.78 Å². The van der Waals surface area contributed by atoms with E-state index in [4.69, 9.17) is 5.73 Å². The van der Waals surface area contributed by atoms with Crippen LogP contribution in [0.15, 0.2) is 24.5 Å². The number of nitrogens with two attached hydrogens (primary N) is 1. The van der Waals surface area contributed by atoms with Crippen molar-refractivity contribution in [2.45, 2.75) is 34.2 Å². The molecular weight excluding hydrogens is 330 g/mol. The standard InChI is InChI=1S/C19H21N5O2/c1-10(2)9-24-17-11(3)5-13(6-15(17)16(23-24)12(4)25)14-7-21-19(18(20)26)22-8-14/h5-8,10H,9H2,1-4H3,(H2,20,26). The fourth-order valence-electron chi connectivity index (χ4n) is 3.04. The summed E-state index contributed by atoms with van der Waals surface area (Å²) in [6.45, 7) is 8.48. The Kier molecular flexibility index (Phi) is 4.54. The van der Waals surface area contributed by atoms with Crippen LogP contribution in [0, 0.1) is 12.8 Å². The molecule has 1 amide bonds. The summed E-state index contributed by atoms with van der Waals surface area (Å²) in [7, 11) is 0. The van der Waals surface area contributed by atoms with Crippen LogP contribution < -0.4 is 5.73 Å². The molecule has 0 saturated heterocycles. The van der Waals surface area contributed by atoms with Gasteiger partial charge in [0.1, 0.15) is 5.69 Å². The molecule has 0 aliphatic rings. The molecule has 0 saturated carbocycles. The Morgan fingerprint density at radius 3 is 2.35 bits per heavy atom. The Hall–Kier alpha value is -3.09. The van der Waals surface area contributed by atoms with E-state index in [-0.39, 0.29) is 11.6 Å². The molecule has 3 aromatic rings. The third kappa shape index (κ3) is 3.20. The van der Waals surface area contributed by atoms with Gasteiger partial charge >= 0.3 is 0 Å². The summed E-state index contributed by atoms with van der Waals surface area (Å²) in [6.07, 6.45) is 3.11. The third-order valence-electron chi connectivity index (χ3n) is 4.11. The highest BCUT2D eigenvalue weighted by molar-refractivity contribution is 6.06. The fraction of sp³-hybridized carbons (Fsp3) is 0.316. The van der Waals surface area contributed by atoms with Gasteiger partial charge in [0.25, 0.3) is 5.91 Å². The number of benzene rings is 1. The zero-order chi connectivity index (χ0) is 19.0. The number of ketones is 1. The highest BCUT2D eigenvalue weighted by Crippen LogP contribution is 2.30. The first-order valence-corrected chi connectivity index (χ1v) is 8.42. The summed E-state index contributed by atoms with van der Waals surface area (Å²) in [5, 5.41) is 5.35. The summed E-state index contributed by atoms with van der Waals surface area (Å²) in [4.78, 5) is 31.2. The number of rotatable bonds is 5. The SMILES string of the molecule is CC(=O)c1nn(CC(C)C)c2c(C)cc(-c3cnc(C(N)=O)nc3)cc12. The van der Waals surface area contributed by atoms with Crippen molar-refractivity contribution >= 4 is 22.6 Å². The van der Waals surface area contributed by atoms with Gasteiger partial charge in [0.05, 0.1) is 5.52 Å². The smallest absolute Gasteiger partial charge is 0.286 e. The number of primary amides is 1. The molecule has 0 unspecified atom stereocenters. The quantitative estimate of drug-likeness (QED) is 0.712. The molecule has 0 fully saturated rings. The maximum atomic E-state index is 12.1. The van der Waals surface area contributed by atoms with Crippen molar-refractivity contribution < 1.29 is 9.59 Å². The van der Waals surface area contributed by atoms with Crippen molar-refractivity contribution in [1.82, 2.24) is 19.7 Å². The van der Waals surface area contributed by atoms with Crippen molar-refractivity contribution in [2.75, 3.05) is 0 Å². The van der Waals surface area contributed by atoms with E-state index in [0.717, 1.165) is 34.1 Å². The number of amides is 1. The molecule has 7 nitrogen and oxygen atoms in total. The van der Waals surface area contributed by atoms with E-state index in [1.54, 1.807) is 12.4 Å². The van der Waals surface area contributed by atoms with Crippen LogP contribution >= 0.6 is 0 Å². The van der Waals surface area contributed by atoms with Crippen LogP contribution in [-0.2, 0) is 6.54 Å². The van der Waals surface area contributed by atoms with Crippen molar-refractivity contribution in [2.24, 2.45) is 11.7 Å². The molecule has 3 rings (SSSR count). The fourth-order valence-corrected chi connectivity index (χ4v) is 3.04. The maximum Gasteiger partial charge on any atom is 0.286 e. The van der Waals surface area contributed by atoms with E-state index in [1.165, 1.54) is 6.92 Å². The van der Waals surface area contributed by atoms with Crippen molar-refractivity contribution in [3.05, 3.63) is 41.6 Å². The second kappa shape index (κ2) is 6.67. The Labute approximate surface area is 151 Å². The highest BCUT2D eigenvalue weighted by Gasteiger charge is 2.18. The summed E-state index contributed by atoms with van der Waals surface area (Å²) < 4.78 is 1.91. The Bertz CT molecular complexity index is 1000. The van der Waals surface area contributed by atoms with E-state index in [2.05, 4.69) is 28.9 Å². The first-order valence-electron chi connectivity index (χ1n) is 8.42. The number of nitrogens with zero attached hydrogens (tertiary/aromatic N) is 4. The van der Waals surface area contributed by atoms with E-state index >= 15 is 0 Å². The van der Waals surface area contributed by atoms with Crippen LogP contribution in [0.3, 0.4) is 0 Å². The molecule has 0 aliphatic carbocycles. The second-order valence-corrected chi connectivity index (χ2v) is 6.83. The predicted molar refractivity (Wildman–Crippen MR) is 98.9 cm³/mol. The summed E-state index contributed by atoms with van der Waals surface area (Å²) in [6, 6.07) is 3.93. The lowest BCUT2D eigenvalue weighted by atomic mass is 10.0. The zero-order valence-corrected chi connectivity index (χ0v) is 15.3. The molecule has 0 radical (unpaired) electrons. The number of carbonyl (C=O) groups excluding carboxylic acids is 2. The molecule has 134 valence electrons. The number of aromatic nitrogens is 4. The van der Waals surface area contributed by atoms with Gasteiger partial charge in [-0.05, 0) is 36.1 Å². The zero-order valence-electron chi connectivity index (χ0n) is 15.3. The molecule has 2 aromatic heterocycles. The van der Waals surface area contributed by atoms with Crippen LogP contribution in [0.2, 0.25) is 0 Å². The van der Waals surface area contributed by atoms with Gasteiger partial charge in [-0.15, -0.1) is 0 Å². The Morgan fingerprint density at radius 1 is 1.15 bits per heavy atom. The van der Waals surface area contributed by atoms with Crippen LogP contribution in [0.5, 0.6) is 0 Å². The third-order valence-corrected chi connectivity index (χ3v) is 4.11. The number of aryl methyl sites for hydroxylation is 1. The Morgan fingerprint density at radius 2 is 1.81 bits per heavy atom. The number of fused-ring (bicyclic) bond motifs is 1. The summed E-state index contributed by atoms with van der Waals surface area (Å²) in [5.74, 6) is -0.362. The molecule has 0 atom stereocenters. The molecule has 26 heavy (non-hydrogen) atoms. The largest absolute Gasteiger partial charge is 0.363 e. The van der Waals surface area contributed by atoms with Gasteiger partial charge in [-0.1, -0.05) is 13.8 Å². The van der Waals surface area contributed by atoms with Crippen molar-refractivity contribution in [3.8, 4) is 11.1 Å². The molecule has 7 heteroatoms. The second-order valence-electron chi connectivity index (χ2n) is 6.83. The molecule has 2 N–H and O–H groups in total. The molecule has 0 spiro atoms. The maximum absolute atomic E-state index is 12.1. The van der Waals surface area contributed by atoms with Crippen LogP contribution in [-0.4, -0.2) is 31.4 Å². The normalized spacial score (nSPS) is 11.3. The minimum Gasteiger partial charge on any atom is -0.363 e. The van der Waals surface area contributed by atoms with Crippen LogP contribution in [0.1, 0.15) is 47.4 Å². The number of Topliss-reactive ketones (excluding diaryl/α,β-unsaturated/α-hetero) is 1. The minimum atomic E-state index is -0.669. The molecular formula is C19H21N5O2. The predicted octanol–water partition coefficient (Wildman–Crippen LogP) is 2.76. The van der Waals surface area contributed by atoms with Gasteiger partial charge in [0.2, 0.25) is 5.82 Å². The molecule has 2 heterocycles. The van der Waals surface area contributed by atoms with E-state index in [0.29, 0.717) is 11.6 Å². The molecule has 1 aromatic carbocycles. The first kappa shape index (κ1) is 17.7. The van der Waals surface area contributed by atoms with Gasteiger partial charge in [-0.25, -0.2) is 9.97 Å². The van der Waals surface area contributed by atoms with Crippen LogP contribution in [0.4, 0.5) is 0 Å². The monoisotopic (exact) mass is 351 g/mol. The first-order chi connectivity index (χ1) is 12.3. The van der Waals surface area contributed by atoms with Gasteiger partial charge < -0.3 is 5.73 Å². The van der Waals surface area contributed by atoms with E-state index in [1.807, 2.05) is 23.7 Å². The van der Waals surface area contributed by atoms with Crippen LogP contribution in [0.25, 0.3) is 22.0 Å². The van der Waals surface area contributed by atoms with Gasteiger partial charge in [-0.3, -0.25) is 14.3 Å². The summed E-state index contributed by atoms with van der Waals surface area (Å²) >= 11 is 0. The number of carbonyl (C=O) groups is 2. The van der Waals surface area contributed by atoms with Gasteiger partial charge in [0, 0.05) is 36.8 Å². The van der Waals surface area contributed by atoms with Crippen molar-refractivity contribution in [3.63, 3.8) is 0 Å². The summed E-state index contributed by atoms with van der Waals surface area (Å²) in [5.41, 5.74) is 9.22. The number of hydrogen-bond acceptors (Lipinski definition) is 5. The molecule has 0 aliphatic heterocycles. The van der Waals surface area contributed by atoms with E-state index in [9.17, 15) is 9.59 Å². The lowest BCUT2D eigenvalue weighted by Crippen LogP contribution is -2.14. The average molecular weight is 351 g/mol. The lowest BCUT2D eigenvalue weighted by molar-refractivity contribution is 0.0987. The van der Waals surface area contributed by atoms with Gasteiger partial charge in [-0.2, -0.15) is 5.10 Å². The number of hydrogen-bond donors (Lipinski definition) is 1.